The largest absolute Gasteiger partial charge is 0.347 e. The second kappa shape index (κ2) is 3.01. The van der Waals surface area contributed by atoms with Gasteiger partial charge in [-0.1, -0.05) is 0 Å². The molecule has 0 unspecified atom stereocenters. The van der Waals surface area contributed by atoms with Crippen LogP contribution in [0.15, 0.2) is 0 Å². The molecule has 4 fully saturated rings. The van der Waals surface area contributed by atoms with Crippen molar-refractivity contribution in [2.45, 2.75) is 63.6 Å². The molecule has 3 aliphatic carbocycles. The molecule has 16 heavy (non-hydrogen) atoms. The van der Waals surface area contributed by atoms with E-state index in [9.17, 15) is 0 Å². The van der Waals surface area contributed by atoms with Crippen LogP contribution in [0, 0.1) is 17.3 Å². The van der Waals surface area contributed by atoms with Crippen LogP contribution in [0.3, 0.4) is 0 Å². The first-order valence-corrected chi connectivity index (χ1v) is 6.75. The van der Waals surface area contributed by atoms with Crippen LogP contribution < -0.4 is 5.73 Å². The molecule has 90 valence electrons. The SMILES string of the molecule is CC1O[C@H]2CC3(C[C@@H]2O1)[C@H]1CC[C@H](C1)[C@@H]3N. The van der Waals surface area contributed by atoms with Crippen LogP contribution in [-0.2, 0) is 9.47 Å². The third-order valence-corrected chi connectivity index (χ3v) is 5.77. The maximum atomic E-state index is 6.49. The summed E-state index contributed by atoms with van der Waals surface area (Å²) in [7, 11) is 0. The van der Waals surface area contributed by atoms with Crippen molar-refractivity contribution >= 4 is 0 Å². The van der Waals surface area contributed by atoms with Crippen molar-refractivity contribution in [1.29, 1.82) is 0 Å². The molecule has 1 saturated heterocycles. The van der Waals surface area contributed by atoms with E-state index in [1.165, 1.54) is 19.3 Å². The summed E-state index contributed by atoms with van der Waals surface area (Å²) in [5.41, 5.74) is 6.86. The molecule has 0 aromatic carbocycles. The van der Waals surface area contributed by atoms with Crippen LogP contribution in [0.1, 0.15) is 39.0 Å². The van der Waals surface area contributed by atoms with Gasteiger partial charge in [0.05, 0.1) is 12.2 Å². The molecular weight excluding hydrogens is 202 g/mol. The number of ether oxygens (including phenoxy) is 2. The Bertz CT molecular complexity index is 301. The Morgan fingerprint density at radius 2 is 1.81 bits per heavy atom. The Labute approximate surface area is 96.7 Å². The third kappa shape index (κ3) is 1.05. The van der Waals surface area contributed by atoms with E-state index in [0.29, 0.717) is 23.7 Å². The lowest BCUT2D eigenvalue weighted by Crippen LogP contribution is -2.45. The van der Waals surface area contributed by atoms with Gasteiger partial charge < -0.3 is 15.2 Å². The summed E-state index contributed by atoms with van der Waals surface area (Å²) in [5.74, 6) is 1.65. The molecule has 0 aromatic rings. The number of nitrogens with two attached hydrogens (primary N) is 1. The first kappa shape index (κ1) is 9.86. The van der Waals surface area contributed by atoms with Crippen molar-refractivity contribution in [2.75, 3.05) is 0 Å². The molecule has 0 radical (unpaired) electrons. The van der Waals surface area contributed by atoms with Crippen molar-refractivity contribution < 1.29 is 9.47 Å². The first-order chi connectivity index (χ1) is 7.69. The second-order valence-electron chi connectivity index (χ2n) is 6.35. The summed E-state index contributed by atoms with van der Waals surface area (Å²) in [5, 5.41) is 0. The number of hydrogen-bond acceptors (Lipinski definition) is 3. The zero-order valence-corrected chi connectivity index (χ0v) is 9.89. The molecule has 4 aliphatic rings. The maximum absolute atomic E-state index is 6.49. The van der Waals surface area contributed by atoms with E-state index in [2.05, 4.69) is 0 Å². The normalized spacial score (nSPS) is 54.0. The molecule has 0 aromatic heterocycles. The average Bonchev–Trinajstić information content (AvgIpc) is 2.89. The van der Waals surface area contributed by atoms with Gasteiger partial charge in [0.2, 0.25) is 0 Å². The summed E-state index contributed by atoms with van der Waals surface area (Å²) in [4.78, 5) is 0. The molecular formula is C13H21NO2. The molecule has 3 nitrogen and oxygen atoms in total. The van der Waals surface area contributed by atoms with E-state index in [0.717, 1.165) is 24.7 Å². The van der Waals surface area contributed by atoms with Gasteiger partial charge in [-0.2, -0.15) is 0 Å². The van der Waals surface area contributed by atoms with E-state index in [1.807, 2.05) is 6.92 Å². The van der Waals surface area contributed by atoms with E-state index in [-0.39, 0.29) is 6.29 Å². The minimum absolute atomic E-state index is 0.00200. The van der Waals surface area contributed by atoms with Gasteiger partial charge in [-0.05, 0) is 56.3 Å². The second-order valence-corrected chi connectivity index (χ2v) is 6.35. The molecule has 5 atom stereocenters. The van der Waals surface area contributed by atoms with Crippen LogP contribution in [0.5, 0.6) is 0 Å². The zero-order valence-electron chi connectivity index (χ0n) is 9.89. The fourth-order valence-electron chi connectivity index (χ4n) is 5.10. The summed E-state index contributed by atoms with van der Waals surface area (Å²) < 4.78 is 11.7. The van der Waals surface area contributed by atoms with Crippen LogP contribution >= 0.6 is 0 Å². The van der Waals surface area contributed by atoms with Gasteiger partial charge in [0.1, 0.15) is 0 Å². The van der Waals surface area contributed by atoms with E-state index >= 15 is 0 Å². The topological polar surface area (TPSA) is 44.5 Å². The molecule has 3 saturated carbocycles. The number of rotatable bonds is 0. The number of fused-ring (bicyclic) bond motifs is 4. The molecule has 1 spiro atoms. The highest BCUT2D eigenvalue weighted by Gasteiger charge is 2.63. The average molecular weight is 223 g/mol. The Morgan fingerprint density at radius 1 is 1.12 bits per heavy atom. The molecule has 3 heteroatoms. The lowest BCUT2D eigenvalue weighted by Gasteiger charge is -2.39. The van der Waals surface area contributed by atoms with Crippen molar-refractivity contribution in [3.8, 4) is 0 Å². The lowest BCUT2D eigenvalue weighted by atomic mass is 9.68. The zero-order chi connectivity index (χ0) is 10.9. The first-order valence-electron chi connectivity index (χ1n) is 6.75. The highest BCUT2D eigenvalue weighted by atomic mass is 16.7. The molecule has 2 bridgehead atoms. The van der Waals surface area contributed by atoms with Crippen molar-refractivity contribution in [3.05, 3.63) is 0 Å². The Balaban J connectivity index is 1.62. The molecule has 2 N–H and O–H groups in total. The molecule has 1 heterocycles. The predicted octanol–water partition coefficient (Wildman–Crippen LogP) is 1.65. The van der Waals surface area contributed by atoms with Gasteiger partial charge in [-0.15, -0.1) is 0 Å². The third-order valence-electron chi connectivity index (χ3n) is 5.77. The summed E-state index contributed by atoms with van der Waals surface area (Å²) >= 11 is 0. The highest BCUT2D eigenvalue weighted by molar-refractivity contribution is 5.14. The van der Waals surface area contributed by atoms with Crippen LogP contribution in [0.2, 0.25) is 0 Å². The van der Waals surface area contributed by atoms with Crippen molar-refractivity contribution in [3.63, 3.8) is 0 Å². The standard InChI is InChI=1S/C13H21NO2/c1-7-15-10-5-13(6-11(10)16-7)9-3-2-8(4-9)12(13)14/h7-12H,2-6,14H2,1H3/t7?,8-,9+,10+,11+,12+,13?/m1/s1. The fraction of sp³-hybridized carbons (Fsp3) is 1.00. The summed E-state index contributed by atoms with van der Waals surface area (Å²) in [6, 6.07) is 0.416. The van der Waals surface area contributed by atoms with Crippen molar-refractivity contribution in [1.82, 2.24) is 0 Å². The Hall–Kier alpha value is -0.120. The van der Waals surface area contributed by atoms with E-state index in [4.69, 9.17) is 15.2 Å². The van der Waals surface area contributed by atoms with Gasteiger partial charge in [0.25, 0.3) is 0 Å². The van der Waals surface area contributed by atoms with Crippen LogP contribution in [-0.4, -0.2) is 24.5 Å². The monoisotopic (exact) mass is 223 g/mol. The van der Waals surface area contributed by atoms with Gasteiger partial charge in [0, 0.05) is 6.04 Å². The van der Waals surface area contributed by atoms with Crippen LogP contribution in [0.4, 0.5) is 0 Å². The Kier molecular flexibility index (Phi) is 1.85. The van der Waals surface area contributed by atoms with Gasteiger partial charge in [-0.3, -0.25) is 0 Å². The highest BCUT2D eigenvalue weighted by Crippen LogP contribution is 2.63. The quantitative estimate of drug-likeness (QED) is 0.679. The van der Waals surface area contributed by atoms with Gasteiger partial charge in [-0.25, -0.2) is 0 Å². The minimum atomic E-state index is 0.00200. The van der Waals surface area contributed by atoms with Crippen LogP contribution in [0.25, 0.3) is 0 Å². The molecule has 0 amide bonds. The Morgan fingerprint density at radius 3 is 2.38 bits per heavy atom. The summed E-state index contributed by atoms with van der Waals surface area (Å²) in [6.07, 6.45) is 7.11. The van der Waals surface area contributed by atoms with E-state index in [1.54, 1.807) is 0 Å². The van der Waals surface area contributed by atoms with Gasteiger partial charge >= 0.3 is 0 Å². The maximum Gasteiger partial charge on any atom is 0.155 e. The number of hydrogen-bond donors (Lipinski definition) is 1. The minimum Gasteiger partial charge on any atom is -0.347 e. The lowest BCUT2D eigenvalue weighted by molar-refractivity contribution is -0.0774. The fourth-order valence-corrected chi connectivity index (χ4v) is 5.10. The molecule has 1 aliphatic heterocycles. The van der Waals surface area contributed by atoms with E-state index < -0.39 is 0 Å². The van der Waals surface area contributed by atoms with Gasteiger partial charge in [0.15, 0.2) is 6.29 Å². The molecule has 4 rings (SSSR count). The smallest absolute Gasteiger partial charge is 0.155 e. The predicted molar refractivity (Wildman–Crippen MR) is 59.7 cm³/mol. The summed E-state index contributed by atoms with van der Waals surface area (Å²) in [6.45, 7) is 2.01. The van der Waals surface area contributed by atoms with Crippen molar-refractivity contribution in [2.24, 2.45) is 23.0 Å².